The van der Waals surface area contributed by atoms with E-state index < -0.39 is 17.7 Å². The minimum absolute atomic E-state index is 0.0260. The highest BCUT2D eigenvalue weighted by Gasteiger charge is 2.48. The van der Waals surface area contributed by atoms with Gasteiger partial charge in [0.2, 0.25) is 0 Å². The summed E-state index contributed by atoms with van der Waals surface area (Å²) in [5, 5.41) is 12.0. The lowest BCUT2D eigenvalue weighted by Crippen LogP contribution is -2.29. The van der Waals surface area contributed by atoms with Crippen molar-refractivity contribution in [2.24, 2.45) is 0 Å². The average Bonchev–Trinajstić information content (AvgIpc) is 3.60. The van der Waals surface area contributed by atoms with Crippen LogP contribution in [0.4, 0.5) is 5.13 Å². The quantitative estimate of drug-likeness (QED) is 0.118. The number of aliphatic hydroxyl groups excluding tert-OH is 1. The maximum Gasteiger partial charge on any atom is 0.301 e. The van der Waals surface area contributed by atoms with Crippen LogP contribution in [0.3, 0.4) is 0 Å². The molecule has 1 fully saturated rings. The highest BCUT2D eigenvalue weighted by Crippen LogP contribution is 2.45. The first-order valence-corrected chi connectivity index (χ1v) is 14.4. The van der Waals surface area contributed by atoms with Crippen molar-refractivity contribution >= 4 is 44.1 Å². The van der Waals surface area contributed by atoms with Crippen molar-refractivity contribution < 1.29 is 24.2 Å². The molecule has 0 radical (unpaired) electrons. The first kappa shape index (κ1) is 26.1. The van der Waals surface area contributed by atoms with E-state index in [-0.39, 0.29) is 17.4 Å². The third-order valence-electron chi connectivity index (χ3n) is 7.29. The van der Waals surface area contributed by atoms with Gasteiger partial charge in [0, 0.05) is 12.0 Å². The van der Waals surface area contributed by atoms with Gasteiger partial charge in [-0.05, 0) is 79.4 Å². The number of anilines is 1. The summed E-state index contributed by atoms with van der Waals surface area (Å²) in [4.78, 5) is 33.4. The number of benzene rings is 3. The number of aromatic nitrogens is 1. The zero-order valence-electron chi connectivity index (χ0n) is 22.6. The van der Waals surface area contributed by atoms with Crippen molar-refractivity contribution in [2.75, 3.05) is 11.5 Å². The minimum Gasteiger partial charge on any atom is -0.507 e. The lowest BCUT2D eigenvalue weighted by molar-refractivity contribution is -0.132. The Morgan fingerprint density at radius 3 is 2.83 bits per heavy atom. The lowest BCUT2D eigenvalue weighted by Gasteiger charge is -2.23. The Morgan fingerprint density at radius 2 is 2.00 bits per heavy atom. The van der Waals surface area contributed by atoms with Gasteiger partial charge in [-0.25, -0.2) is 4.98 Å². The van der Waals surface area contributed by atoms with Crippen LogP contribution in [0.2, 0.25) is 0 Å². The van der Waals surface area contributed by atoms with Crippen LogP contribution in [-0.4, -0.2) is 34.5 Å². The number of aryl methyl sites for hydroxylation is 1. The molecular formula is C32H30N2O5S. The average molecular weight is 555 g/mol. The summed E-state index contributed by atoms with van der Waals surface area (Å²) in [7, 11) is 0. The number of carbonyl (C=O) groups excluding carboxylic acids is 2. The van der Waals surface area contributed by atoms with E-state index in [2.05, 4.69) is 6.92 Å². The topological polar surface area (TPSA) is 89.0 Å². The zero-order chi connectivity index (χ0) is 28.0. The number of ether oxygens (including phenoxy) is 2. The number of aliphatic hydroxyl groups is 1. The number of ketones is 1. The van der Waals surface area contributed by atoms with Gasteiger partial charge < -0.3 is 14.6 Å². The van der Waals surface area contributed by atoms with Gasteiger partial charge in [-0.15, -0.1) is 0 Å². The number of amides is 1. The molecule has 1 N–H and O–H groups in total. The number of hydrogen-bond donors (Lipinski definition) is 1. The lowest BCUT2D eigenvalue weighted by atomic mass is 9.94. The Kier molecular flexibility index (Phi) is 6.80. The Labute approximate surface area is 236 Å². The van der Waals surface area contributed by atoms with Crippen LogP contribution in [0, 0.1) is 6.92 Å². The van der Waals surface area contributed by atoms with E-state index in [1.54, 1.807) is 12.1 Å². The molecule has 40 heavy (non-hydrogen) atoms. The fraction of sp³-hybridized carbons (Fsp3) is 0.281. The third-order valence-corrected chi connectivity index (χ3v) is 8.31. The second-order valence-electron chi connectivity index (χ2n) is 10.4. The first-order chi connectivity index (χ1) is 19.3. The zero-order valence-corrected chi connectivity index (χ0v) is 23.5. The van der Waals surface area contributed by atoms with E-state index in [4.69, 9.17) is 14.5 Å². The molecule has 3 heterocycles. The molecule has 6 rings (SSSR count). The number of carbonyl (C=O) groups is 2. The summed E-state index contributed by atoms with van der Waals surface area (Å²) >= 11 is 1.35. The molecular weight excluding hydrogens is 524 g/mol. The van der Waals surface area contributed by atoms with Gasteiger partial charge in [-0.1, -0.05) is 42.9 Å². The summed E-state index contributed by atoms with van der Waals surface area (Å²) in [6.07, 6.45) is 2.66. The van der Waals surface area contributed by atoms with Gasteiger partial charge in [0.05, 0.1) is 28.4 Å². The summed E-state index contributed by atoms with van der Waals surface area (Å²) in [6.45, 7) is 6.64. The largest absolute Gasteiger partial charge is 0.507 e. The van der Waals surface area contributed by atoms with Gasteiger partial charge in [-0.3, -0.25) is 14.5 Å². The van der Waals surface area contributed by atoms with Gasteiger partial charge in [0.15, 0.2) is 5.13 Å². The van der Waals surface area contributed by atoms with Crippen LogP contribution < -0.4 is 14.4 Å². The molecule has 3 aromatic carbocycles. The first-order valence-electron chi connectivity index (χ1n) is 13.5. The molecule has 204 valence electrons. The second-order valence-corrected chi connectivity index (χ2v) is 11.4. The molecule has 2 aliphatic heterocycles. The predicted molar refractivity (Wildman–Crippen MR) is 156 cm³/mol. The predicted octanol–water partition coefficient (Wildman–Crippen LogP) is 6.73. The van der Waals surface area contributed by atoms with Crippen LogP contribution in [0.15, 0.2) is 66.2 Å². The maximum absolute atomic E-state index is 13.7. The molecule has 8 heteroatoms. The van der Waals surface area contributed by atoms with Crippen LogP contribution in [0.5, 0.6) is 11.5 Å². The molecule has 0 saturated carbocycles. The van der Waals surface area contributed by atoms with Crippen LogP contribution >= 0.6 is 11.3 Å². The van der Waals surface area contributed by atoms with Crippen molar-refractivity contribution in [1.82, 2.24) is 4.98 Å². The molecule has 2 aliphatic rings. The van der Waals surface area contributed by atoms with E-state index in [0.29, 0.717) is 35.0 Å². The molecule has 1 saturated heterocycles. The van der Waals surface area contributed by atoms with Crippen LogP contribution in [-0.2, 0) is 16.0 Å². The molecule has 4 aromatic rings. The monoisotopic (exact) mass is 554 g/mol. The van der Waals surface area contributed by atoms with E-state index >= 15 is 0 Å². The number of thiazole rings is 1. The molecule has 1 amide bonds. The fourth-order valence-electron chi connectivity index (χ4n) is 5.30. The number of fused-ring (bicyclic) bond motifs is 2. The Morgan fingerprint density at radius 1 is 1.15 bits per heavy atom. The highest BCUT2D eigenvalue weighted by atomic mass is 32.1. The summed E-state index contributed by atoms with van der Waals surface area (Å²) in [6, 6.07) is 17.8. The Hall–Kier alpha value is -4.17. The Bertz CT molecular complexity index is 1670. The minimum atomic E-state index is -0.875. The molecule has 1 aromatic heterocycles. The van der Waals surface area contributed by atoms with Gasteiger partial charge >= 0.3 is 5.91 Å². The molecule has 7 nitrogen and oxygen atoms in total. The normalized spacial score (nSPS) is 19.7. The van der Waals surface area contributed by atoms with Crippen molar-refractivity contribution in [1.29, 1.82) is 0 Å². The molecule has 0 unspecified atom stereocenters. The third kappa shape index (κ3) is 4.62. The number of Topliss-reactive ketones (excluding diaryl/α,β-unsaturated/α-hetero) is 1. The van der Waals surface area contributed by atoms with Crippen molar-refractivity contribution in [3.8, 4) is 11.5 Å². The van der Waals surface area contributed by atoms with E-state index in [1.807, 2.05) is 62.4 Å². The second kappa shape index (κ2) is 10.4. The van der Waals surface area contributed by atoms with Crippen LogP contribution in [0.25, 0.3) is 16.0 Å². The highest BCUT2D eigenvalue weighted by molar-refractivity contribution is 7.22. The Balaban J connectivity index is 1.50. The van der Waals surface area contributed by atoms with E-state index in [0.717, 1.165) is 39.9 Å². The summed E-state index contributed by atoms with van der Waals surface area (Å²) in [5.74, 6) is -0.288. The van der Waals surface area contributed by atoms with Crippen molar-refractivity contribution in [3.05, 3.63) is 88.5 Å². The van der Waals surface area contributed by atoms with Crippen molar-refractivity contribution in [3.63, 3.8) is 0 Å². The number of rotatable bonds is 7. The number of unbranched alkanes of at least 4 members (excludes halogenated alkanes) is 1. The summed E-state index contributed by atoms with van der Waals surface area (Å²) in [5.41, 5.74) is 3.93. The van der Waals surface area contributed by atoms with E-state index in [1.165, 1.54) is 16.2 Å². The maximum atomic E-state index is 13.7. The van der Waals surface area contributed by atoms with Gasteiger partial charge in [-0.2, -0.15) is 0 Å². The SMILES string of the molecule is CCCCOc1cccc([C@H]2/C(=C(\O)c3ccc4c(c3)C[C@H](C)O4)C(=O)C(=O)N2c2nc3ccc(C)cc3s2)c1. The molecule has 0 spiro atoms. The standard InChI is InChI=1S/C32H30N2O5S/c1-4-5-13-38-23-8-6-7-20(17-23)28-27(29(35)21-10-12-25-22(16-21)15-19(3)39-25)30(36)31(37)34(28)32-33-24-11-9-18(2)14-26(24)40-32/h6-12,14,16-17,19,28,35H,4-5,13,15H2,1-3H3/b29-27+/t19-,28-/m0/s1. The van der Waals surface area contributed by atoms with Crippen molar-refractivity contribution in [2.45, 2.75) is 52.2 Å². The smallest absolute Gasteiger partial charge is 0.301 e. The fourth-order valence-corrected chi connectivity index (χ4v) is 6.39. The van der Waals surface area contributed by atoms with Gasteiger partial charge in [0.1, 0.15) is 23.4 Å². The van der Waals surface area contributed by atoms with Crippen LogP contribution in [0.1, 0.15) is 55.0 Å². The number of nitrogens with zero attached hydrogens (tertiary/aromatic N) is 2. The summed E-state index contributed by atoms with van der Waals surface area (Å²) < 4.78 is 12.7. The molecule has 0 aliphatic carbocycles. The van der Waals surface area contributed by atoms with E-state index in [9.17, 15) is 14.7 Å². The molecule has 2 atom stereocenters. The number of hydrogen-bond acceptors (Lipinski definition) is 7. The molecule has 0 bridgehead atoms. The van der Waals surface area contributed by atoms with Gasteiger partial charge in [0.25, 0.3) is 5.78 Å².